The first-order valence-corrected chi connectivity index (χ1v) is 14.2. The number of aliphatic hydroxyl groups is 2. The van der Waals surface area contributed by atoms with Crippen molar-refractivity contribution in [1.29, 1.82) is 0 Å². The van der Waals surface area contributed by atoms with E-state index in [4.69, 9.17) is 5.11 Å². The quantitative estimate of drug-likeness (QED) is 0.125. The molecule has 0 spiro atoms. The maximum Gasteiger partial charge on any atom is 0.220 e. The van der Waals surface area contributed by atoms with E-state index in [0.717, 1.165) is 32.1 Å². The SMILES string of the molecule is CCCCCCCCCCCCCC(=O)NC(CCCCCCCCC)CC[C@H](O)CO. The second-order valence-corrected chi connectivity index (χ2v) is 9.87. The van der Waals surface area contributed by atoms with Gasteiger partial charge in [0.1, 0.15) is 0 Å². The number of hydrogen-bond donors (Lipinski definition) is 3. The number of unbranched alkanes of at least 4 members (excludes halogenated alkanes) is 16. The van der Waals surface area contributed by atoms with E-state index in [0.29, 0.717) is 12.8 Å². The lowest BCUT2D eigenvalue weighted by molar-refractivity contribution is -0.122. The summed E-state index contributed by atoms with van der Waals surface area (Å²) in [6, 6.07) is 0.132. The molecule has 1 amide bonds. The molecular weight excluding hydrogens is 398 g/mol. The topological polar surface area (TPSA) is 69.6 Å². The third-order valence-electron chi connectivity index (χ3n) is 6.59. The van der Waals surface area contributed by atoms with Crippen LogP contribution in [0.15, 0.2) is 0 Å². The lowest BCUT2D eigenvalue weighted by Crippen LogP contribution is -2.35. The summed E-state index contributed by atoms with van der Waals surface area (Å²) in [5, 5.41) is 22.0. The molecule has 1 unspecified atom stereocenters. The molecule has 0 aromatic heterocycles. The van der Waals surface area contributed by atoms with Crippen molar-refractivity contribution in [3.05, 3.63) is 0 Å². The number of rotatable bonds is 25. The number of amides is 1. The van der Waals surface area contributed by atoms with Crippen molar-refractivity contribution in [1.82, 2.24) is 5.32 Å². The van der Waals surface area contributed by atoms with Crippen molar-refractivity contribution < 1.29 is 15.0 Å². The fourth-order valence-electron chi connectivity index (χ4n) is 4.37. The van der Waals surface area contributed by atoms with E-state index in [1.165, 1.54) is 96.3 Å². The predicted molar refractivity (Wildman–Crippen MR) is 138 cm³/mol. The summed E-state index contributed by atoms with van der Waals surface area (Å²) in [6.07, 6.45) is 25.3. The highest BCUT2D eigenvalue weighted by molar-refractivity contribution is 5.76. The highest BCUT2D eigenvalue weighted by atomic mass is 16.3. The van der Waals surface area contributed by atoms with Crippen LogP contribution in [0.1, 0.15) is 155 Å². The molecule has 0 saturated heterocycles. The molecule has 32 heavy (non-hydrogen) atoms. The summed E-state index contributed by atoms with van der Waals surface area (Å²) in [5.41, 5.74) is 0. The maximum absolute atomic E-state index is 12.4. The molecule has 0 saturated carbocycles. The molecule has 192 valence electrons. The third-order valence-corrected chi connectivity index (χ3v) is 6.59. The highest BCUT2D eigenvalue weighted by Gasteiger charge is 2.14. The largest absolute Gasteiger partial charge is 0.394 e. The fraction of sp³-hybridized carbons (Fsp3) is 0.964. The molecule has 0 aliphatic carbocycles. The third kappa shape index (κ3) is 22.6. The van der Waals surface area contributed by atoms with Gasteiger partial charge < -0.3 is 15.5 Å². The van der Waals surface area contributed by atoms with Gasteiger partial charge in [0.15, 0.2) is 0 Å². The van der Waals surface area contributed by atoms with Crippen LogP contribution in [0.5, 0.6) is 0 Å². The molecule has 0 aliphatic rings. The Morgan fingerprint density at radius 2 is 1.06 bits per heavy atom. The van der Waals surface area contributed by atoms with Crippen molar-refractivity contribution in [2.24, 2.45) is 0 Å². The minimum Gasteiger partial charge on any atom is -0.394 e. The van der Waals surface area contributed by atoms with E-state index in [-0.39, 0.29) is 18.6 Å². The zero-order valence-corrected chi connectivity index (χ0v) is 21.7. The Kier molecular flexibility index (Phi) is 24.5. The summed E-state index contributed by atoms with van der Waals surface area (Å²) in [5.74, 6) is 0.160. The summed E-state index contributed by atoms with van der Waals surface area (Å²) in [7, 11) is 0. The van der Waals surface area contributed by atoms with Gasteiger partial charge in [0, 0.05) is 12.5 Å². The van der Waals surface area contributed by atoms with Gasteiger partial charge in [-0.1, -0.05) is 123 Å². The molecule has 4 heteroatoms. The average molecular weight is 456 g/mol. The second-order valence-electron chi connectivity index (χ2n) is 9.87. The van der Waals surface area contributed by atoms with E-state index < -0.39 is 6.10 Å². The normalized spacial score (nSPS) is 13.2. The van der Waals surface area contributed by atoms with Gasteiger partial charge in [-0.05, 0) is 25.7 Å². The van der Waals surface area contributed by atoms with Crippen molar-refractivity contribution in [3.8, 4) is 0 Å². The van der Waals surface area contributed by atoms with Crippen molar-refractivity contribution in [2.45, 2.75) is 167 Å². The van der Waals surface area contributed by atoms with E-state index >= 15 is 0 Å². The van der Waals surface area contributed by atoms with Crippen molar-refractivity contribution in [3.63, 3.8) is 0 Å². The lowest BCUT2D eigenvalue weighted by Gasteiger charge is -2.20. The van der Waals surface area contributed by atoms with Gasteiger partial charge >= 0.3 is 0 Å². The van der Waals surface area contributed by atoms with Crippen LogP contribution < -0.4 is 5.32 Å². The first-order valence-electron chi connectivity index (χ1n) is 14.2. The molecule has 0 heterocycles. The zero-order valence-electron chi connectivity index (χ0n) is 21.7. The number of carbonyl (C=O) groups excluding carboxylic acids is 1. The first kappa shape index (κ1) is 31.4. The lowest BCUT2D eigenvalue weighted by atomic mass is 10.00. The Morgan fingerprint density at radius 1 is 0.625 bits per heavy atom. The number of nitrogens with one attached hydrogen (secondary N) is 1. The standard InChI is InChI=1S/C28H57NO3/c1-3-5-7-9-11-12-13-14-16-18-20-22-28(32)29-26(23-24-27(31)25-30)21-19-17-15-10-8-6-4-2/h26-27,30-31H,3-25H2,1-2H3,(H,29,32)/t26?,27-/m0/s1. The van der Waals surface area contributed by atoms with Crippen molar-refractivity contribution in [2.75, 3.05) is 6.61 Å². The van der Waals surface area contributed by atoms with Gasteiger partial charge in [-0.15, -0.1) is 0 Å². The smallest absolute Gasteiger partial charge is 0.220 e. The Hall–Kier alpha value is -0.610. The van der Waals surface area contributed by atoms with Crippen molar-refractivity contribution >= 4 is 5.91 Å². The van der Waals surface area contributed by atoms with Crippen LogP contribution in [0.2, 0.25) is 0 Å². The van der Waals surface area contributed by atoms with Crippen LogP contribution in [0.25, 0.3) is 0 Å². The van der Waals surface area contributed by atoms with Gasteiger partial charge in [0.2, 0.25) is 5.91 Å². The molecule has 0 rings (SSSR count). The second kappa shape index (κ2) is 25.0. The zero-order chi connectivity index (χ0) is 23.7. The summed E-state index contributed by atoms with van der Waals surface area (Å²) >= 11 is 0. The molecule has 0 fully saturated rings. The van der Waals surface area contributed by atoms with Crippen LogP contribution in [-0.2, 0) is 4.79 Å². The first-order chi connectivity index (χ1) is 15.6. The fourth-order valence-corrected chi connectivity index (χ4v) is 4.37. The molecular formula is C28H57NO3. The van der Waals surface area contributed by atoms with E-state index in [1.54, 1.807) is 0 Å². The Balaban J connectivity index is 3.87. The van der Waals surface area contributed by atoms with E-state index in [9.17, 15) is 9.90 Å². The monoisotopic (exact) mass is 455 g/mol. The summed E-state index contributed by atoms with van der Waals surface area (Å²) < 4.78 is 0. The van der Waals surface area contributed by atoms with Gasteiger partial charge in [-0.2, -0.15) is 0 Å². The van der Waals surface area contributed by atoms with Crippen LogP contribution >= 0.6 is 0 Å². The van der Waals surface area contributed by atoms with Gasteiger partial charge in [0.25, 0.3) is 0 Å². The van der Waals surface area contributed by atoms with Gasteiger partial charge in [-0.25, -0.2) is 0 Å². The summed E-state index contributed by atoms with van der Waals surface area (Å²) in [6.45, 7) is 4.31. The van der Waals surface area contributed by atoms with Gasteiger partial charge in [-0.3, -0.25) is 4.79 Å². The van der Waals surface area contributed by atoms with E-state index in [1.807, 2.05) is 0 Å². The van der Waals surface area contributed by atoms with Crippen LogP contribution in [0.4, 0.5) is 0 Å². The van der Waals surface area contributed by atoms with E-state index in [2.05, 4.69) is 19.2 Å². The molecule has 4 nitrogen and oxygen atoms in total. The molecule has 2 atom stereocenters. The number of hydrogen-bond acceptors (Lipinski definition) is 3. The number of aliphatic hydroxyl groups excluding tert-OH is 2. The molecule has 0 aliphatic heterocycles. The average Bonchev–Trinajstić information content (AvgIpc) is 2.79. The number of carbonyl (C=O) groups is 1. The molecule has 0 aromatic carbocycles. The Labute approximate surface area is 200 Å². The van der Waals surface area contributed by atoms with Gasteiger partial charge in [0.05, 0.1) is 12.7 Å². The predicted octanol–water partition coefficient (Wildman–Crippen LogP) is 7.45. The minimum atomic E-state index is -0.671. The Bertz CT molecular complexity index is 389. The van der Waals surface area contributed by atoms with Crippen LogP contribution in [-0.4, -0.2) is 34.9 Å². The van der Waals surface area contributed by atoms with Crippen LogP contribution in [0.3, 0.4) is 0 Å². The molecule has 0 aromatic rings. The minimum absolute atomic E-state index is 0.132. The summed E-state index contributed by atoms with van der Waals surface area (Å²) in [4.78, 5) is 12.4. The molecule has 0 radical (unpaired) electrons. The maximum atomic E-state index is 12.4. The molecule has 0 bridgehead atoms. The highest BCUT2D eigenvalue weighted by Crippen LogP contribution is 2.15. The Morgan fingerprint density at radius 3 is 1.53 bits per heavy atom. The molecule has 3 N–H and O–H groups in total. The van der Waals surface area contributed by atoms with Crippen LogP contribution in [0, 0.1) is 0 Å².